The lowest BCUT2D eigenvalue weighted by Crippen LogP contribution is -2.41. The van der Waals surface area contributed by atoms with E-state index in [1.807, 2.05) is 6.07 Å². The molecular weight excluding hydrogens is 262 g/mol. The Balaban J connectivity index is 1.67. The van der Waals surface area contributed by atoms with Crippen LogP contribution in [-0.2, 0) is 4.74 Å². The van der Waals surface area contributed by atoms with E-state index in [4.69, 9.17) is 26.8 Å². The van der Waals surface area contributed by atoms with Crippen LogP contribution < -0.4 is 10.5 Å². The van der Waals surface area contributed by atoms with E-state index in [0.717, 1.165) is 25.2 Å². The van der Waals surface area contributed by atoms with Gasteiger partial charge in [0.05, 0.1) is 22.9 Å². The molecule has 3 nitrogen and oxygen atoms in total. The average Bonchev–Trinajstić information content (AvgIpc) is 2.82. The van der Waals surface area contributed by atoms with Crippen molar-refractivity contribution >= 4 is 17.3 Å². The first-order chi connectivity index (χ1) is 9.17. The Morgan fingerprint density at radius 3 is 2.84 bits per heavy atom. The maximum absolute atomic E-state index is 6.06. The van der Waals surface area contributed by atoms with Gasteiger partial charge in [-0.05, 0) is 25.0 Å². The minimum atomic E-state index is 0.0838. The van der Waals surface area contributed by atoms with Crippen molar-refractivity contribution in [2.75, 3.05) is 12.3 Å². The van der Waals surface area contributed by atoms with E-state index in [9.17, 15) is 0 Å². The fourth-order valence-electron chi connectivity index (χ4n) is 3.22. The van der Waals surface area contributed by atoms with Gasteiger partial charge in [0.15, 0.2) is 0 Å². The second-order valence-electron chi connectivity index (χ2n) is 5.65. The zero-order valence-electron chi connectivity index (χ0n) is 11.0. The minimum Gasteiger partial charge on any atom is -0.490 e. The molecule has 3 rings (SSSR count). The van der Waals surface area contributed by atoms with Crippen molar-refractivity contribution in [1.29, 1.82) is 0 Å². The Kier molecular flexibility index (Phi) is 3.59. The predicted octanol–water partition coefficient (Wildman–Crippen LogP) is 3.79. The summed E-state index contributed by atoms with van der Waals surface area (Å²) >= 11 is 6.02. The van der Waals surface area contributed by atoms with E-state index >= 15 is 0 Å². The SMILES string of the molecule is Nc1ccc(OC2CCOC3(CCCC3)C2)cc1Cl. The smallest absolute Gasteiger partial charge is 0.121 e. The van der Waals surface area contributed by atoms with E-state index in [0.29, 0.717) is 10.7 Å². The molecule has 1 atom stereocenters. The van der Waals surface area contributed by atoms with Gasteiger partial charge in [-0.2, -0.15) is 0 Å². The van der Waals surface area contributed by atoms with Crippen LogP contribution >= 0.6 is 11.6 Å². The van der Waals surface area contributed by atoms with Gasteiger partial charge in [0.25, 0.3) is 0 Å². The van der Waals surface area contributed by atoms with Crippen LogP contribution in [0.2, 0.25) is 5.02 Å². The lowest BCUT2D eigenvalue weighted by molar-refractivity contribution is -0.108. The quantitative estimate of drug-likeness (QED) is 0.839. The van der Waals surface area contributed by atoms with Gasteiger partial charge >= 0.3 is 0 Å². The standard InChI is InChI=1S/C15H20ClNO2/c16-13-9-11(3-4-14(13)17)19-12-5-8-18-15(10-12)6-1-2-7-15/h3-4,9,12H,1-2,5-8,10,17H2. The molecule has 4 heteroatoms. The van der Waals surface area contributed by atoms with Crippen LogP contribution in [0.1, 0.15) is 38.5 Å². The lowest BCUT2D eigenvalue weighted by atomic mass is 9.90. The van der Waals surface area contributed by atoms with Crippen molar-refractivity contribution in [2.24, 2.45) is 0 Å². The summed E-state index contributed by atoms with van der Waals surface area (Å²) in [6, 6.07) is 5.48. The van der Waals surface area contributed by atoms with Gasteiger partial charge in [0, 0.05) is 18.9 Å². The number of hydrogen-bond donors (Lipinski definition) is 1. The van der Waals surface area contributed by atoms with E-state index in [2.05, 4.69) is 0 Å². The predicted molar refractivity (Wildman–Crippen MR) is 76.7 cm³/mol. The zero-order valence-corrected chi connectivity index (χ0v) is 11.8. The van der Waals surface area contributed by atoms with Gasteiger partial charge < -0.3 is 15.2 Å². The largest absolute Gasteiger partial charge is 0.490 e. The van der Waals surface area contributed by atoms with Crippen molar-refractivity contribution in [2.45, 2.75) is 50.2 Å². The maximum Gasteiger partial charge on any atom is 0.121 e. The first-order valence-electron chi connectivity index (χ1n) is 7.03. The summed E-state index contributed by atoms with van der Waals surface area (Å²) in [5.74, 6) is 0.805. The summed E-state index contributed by atoms with van der Waals surface area (Å²) in [4.78, 5) is 0. The number of halogens is 1. The molecule has 2 aliphatic rings. The van der Waals surface area contributed by atoms with E-state index in [-0.39, 0.29) is 11.7 Å². The molecule has 1 spiro atoms. The average molecular weight is 282 g/mol. The number of anilines is 1. The number of benzene rings is 1. The van der Waals surface area contributed by atoms with E-state index in [1.54, 1.807) is 12.1 Å². The molecule has 0 amide bonds. The summed E-state index contributed by atoms with van der Waals surface area (Å²) < 4.78 is 12.1. The molecule has 1 saturated heterocycles. The minimum absolute atomic E-state index is 0.0838. The van der Waals surface area contributed by atoms with Gasteiger partial charge in [-0.25, -0.2) is 0 Å². The van der Waals surface area contributed by atoms with Gasteiger partial charge in [0.2, 0.25) is 0 Å². The molecule has 1 unspecified atom stereocenters. The summed E-state index contributed by atoms with van der Waals surface area (Å²) in [6.07, 6.45) is 7.08. The molecular formula is C15H20ClNO2. The van der Waals surface area contributed by atoms with Crippen LogP contribution in [0.25, 0.3) is 0 Å². The number of nitrogen functional groups attached to an aromatic ring is 1. The fourth-order valence-corrected chi connectivity index (χ4v) is 3.40. The van der Waals surface area contributed by atoms with Gasteiger partial charge in [-0.15, -0.1) is 0 Å². The van der Waals surface area contributed by atoms with Crippen molar-refractivity contribution in [3.05, 3.63) is 23.2 Å². The van der Waals surface area contributed by atoms with Crippen LogP contribution in [0.15, 0.2) is 18.2 Å². The Hall–Kier alpha value is -0.930. The molecule has 1 aromatic carbocycles. The molecule has 1 aliphatic carbocycles. The first-order valence-corrected chi connectivity index (χ1v) is 7.40. The third-order valence-corrected chi connectivity index (χ3v) is 4.56. The van der Waals surface area contributed by atoms with Crippen LogP contribution in [-0.4, -0.2) is 18.3 Å². The fraction of sp³-hybridized carbons (Fsp3) is 0.600. The van der Waals surface area contributed by atoms with Crippen LogP contribution in [0.4, 0.5) is 5.69 Å². The molecule has 0 aromatic heterocycles. The van der Waals surface area contributed by atoms with Crippen LogP contribution in [0.5, 0.6) is 5.75 Å². The number of hydrogen-bond acceptors (Lipinski definition) is 3. The van der Waals surface area contributed by atoms with Crippen LogP contribution in [0, 0.1) is 0 Å². The van der Waals surface area contributed by atoms with Crippen LogP contribution in [0.3, 0.4) is 0 Å². The monoisotopic (exact) mass is 281 g/mol. The molecule has 0 bridgehead atoms. The summed E-state index contributed by atoms with van der Waals surface area (Å²) in [5, 5.41) is 0.556. The zero-order chi connectivity index (χ0) is 13.3. The highest BCUT2D eigenvalue weighted by Gasteiger charge is 2.40. The second-order valence-corrected chi connectivity index (χ2v) is 6.06. The highest BCUT2D eigenvalue weighted by Crippen LogP contribution is 2.41. The number of rotatable bonds is 2. The Morgan fingerprint density at radius 2 is 2.11 bits per heavy atom. The number of nitrogens with two attached hydrogens (primary N) is 1. The highest BCUT2D eigenvalue weighted by molar-refractivity contribution is 6.33. The molecule has 104 valence electrons. The third-order valence-electron chi connectivity index (χ3n) is 4.24. The second kappa shape index (κ2) is 5.22. The summed E-state index contributed by atoms with van der Waals surface area (Å²) in [7, 11) is 0. The number of ether oxygens (including phenoxy) is 2. The third kappa shape index (κ3) is 2.82. The van der Waals surface area contributed by atoms with Crippen molar-refractivity contribution in [1.82, 2.24) is 0 Å². The van der Waals surface area contributed by atoms with Gasteiger partial charge in [-0.3, -0.25) is 0 Å². The first kappa shape index (κ1) is 13.1. The molecule has 1 aliphatic heterocycles. The Labute approximate surface area is 119 Å². The van der Waals surface area contributed by atoms with Gasteiger partial charge in [-0.1, -0.05) is 24.4 Å². The molecule has 0 radical (unpaired) electrons. The summed E-state index contributed by atoms with van der Waals surface area (Å²) in [5.41, 5.74) is 6.38. The molecule has 19 heavy (non-hydrogen) atoms. The summed E-state index contributed by atoms with van der Waals surface area (Å²) in [6.45, 7) is 0.799. The highest BCUT2D eigenvalue weighted by atomic mass is 35.5. The van der Waals surface area contributed by atoms with Gasteiger partial charge in [0.1, 0.15) is 11.9 Å². The van der Waals surface area contributed by atoms with Crippen molar-refractivity contribution < 1.29 is 9.47 Å². The van der Waals surface area contributed by atoms with E-state index in [1.165, 1.54) is 25.7 Å². The Morgan fingerprint density at radius 1 is 1.32 bits per heavy atom. The molecule has 1 heterocycles. The molecule has 2 N–H and O–H groups in total. The Bertz CT molecular complexity index is 457. The maximum atomic E-state index is 6.06. The van der Waals surface area contributed by atoms with Crippen molar-refractivity contribution in [3.63, 3.8) is 0 Å². The van der Waals surface area contributed by atoms with E-state index < -0.39 is 0 Å². The molecule has 1 saturated carbocycles. The van der Waals surface area contributed by atoms with Crippen molar-refractivity contribution in [3.8, 4) is 5.75 Å². The topological polar surface area (TPSA) is 44.5 Å². The lowest BCUT2D eigenvalue weighted by Gasteiger charge is -2.38. The normalized spacial score (nSPS) is 25.6. The molecule has 2 fully saturated rings. The molecule has 1 aromatic rings.